The largest absolute Gasteiger partial charge is 0.487 e. The third-order valence-corrected chi connectivity index (χ3v) is 2.35. The van der Waals surface area contributed by atoms with E-state index in [9.17, 15) is 0 Å². The van der Waals surface area contributed by atoms with Gasteiger partial charge in [-0.3, -0.25) is 0 Å². The molecule has 0 atom stereocenters. The number of ether oxygens (including phenoxy) is 1. The van der Waals surface area contributed by atoms with Crippen LogP contribution in [0.25, 0.3) is 0 Å². The molecule has 1 heterocycles. The molecular weight excluding hydrogens is 279 g/mol. The normalized spacial score (nSPS) is 15.1. The van der Waals surface area contributed by atoms with Crippen LogP contribution < -0.4 is 4.74 Å². The van der Waals surface area contributed by atoms with Crippen molar-refractivity contribution in [2.24, 2.45) is 0 Å². The van der Waals surface area contributed by atoms with Crippen molar-refractivity contribution >= 4 is 22.6 Å². The second kappa shape index (κ2) is 3.50. The summed E-state index contributed by atoms with van der Waals surface area (Å²) in [6.45, 7) is 0. The van der Waals surface area contributed by atoms with Gasteiger partial charge in [-0.15, -0.1) is 0 Å². The van der Waals surface area contributed by atoms with Gasteiger partial charge in [-0.2, -0.15) is 5.26 Å². The van der Waals surface area contributed by atoms with Crippen LogP contribution in [-0.4, -0.2) is 11.1 Å². The third kappa shape index (κ3) is 2.10. The first-order chi connectivity index (χ1) is 6.29. The zero-order chi connectivity index (χ0) is 9.26. The summed E-state index contributed by atoms with van der Waals surface area (Å²) >= 11 is 2.08. The molecule has 0 saturated heterocycles. The number of rotatable bonds is 2. The first-order valence-electron chi connectivity index (χ1n) is 4.03. The molecule has 4 heteroatoms. The Morgan fingerprint density at radius 2 is 2.31 bits per heavy atom. The van der Waals surface area contributed by atoms with Gasteiger partial charge in [0, 0.05) is 0 Å². The smallest absolute Gasteiger partial charge is 0.183 e. The molecule has 13 heavy (non-hydrogen) atoms. The molecular formula is C9H7IN2O. The fourth-order valence-electron chi connectivity index (χ4n) is 0.963. The van der Waals surface area contributed by atoms with Gasteiger partial charge in [0.05, 0.1) is 6.10 Å². The summed E-state index contributed by atoms with van der Waals surface area (Å²) in [7, 11) is 0. The minimum Gasteiger partial charge on any atom is -0.487 e. The van der Waals surface area contributed by atoms with Crippen molar-refractivity contribution in [3.8, 4) is 11.8 Å². The Morgan fingerprint density at radius 1 is 1.54 bits per heavy atom. The quantitative estimate of drug-likeness (QED) is 0.618. The van der Waals surface area contributed by atoms with Gasteiger partial charge in [-0.25, -0.2) is 4.98 Å². The molecule has 0 bridgehead atoms. The van der Waals surface area contributed by atoms with Crippen molar-refractivity contribution in [1.82, 2.24) is 4.98 Å². The van der Waals surface area contributed by atoms with Gasteiger partial charge < -0.3 is 4.74 Å². The summed E-state index contributed by atoms with van der Waals surface area (Å²) in [5.41, 5.74) is 0.388. The summed E-state index contributed by atoms with van der Waals surface area (Å²) in [5, 5.41) is 8.78. The molecule has 1 saturated carbocycles. The predicted octanol–water partition coefficient (Wildman–Crippen LogP) is 2.10. The van der Waals surface area contributed by atoms with E-state index in [1.165, 1.54) is 0 Å². The van der Waals surface area contributed by atoms with E-state index in [-0.39, 0.29) is 0 Å². The Hall–Kier alpha value is -0.830. The molecule has 1 aliphatic rings. The highest BCUT2D eigenvalue weighted by Crippen LogP contribution is 2.28. The zero-order valence-electron chi connectivity index (χ0n) is 6.83. The molecule has 3 nitrogen and oxygen atoms in total. The molecule has 0 radical (unpaired) electrons. The predicted molar refractivity (Wildman–Crippen MR) is 55.3 cm³/mol. The monoisotopic (exact) mass is 286 g/mol. The average Bonchev–Trinajstić information content (AvgIpc) is 2.92. The maximum atomic E-state index is 8.78. The van der Waals surface area contributed by atoms with Crippen LogP contribution in [0.2, 0.25) is 0 Å². The number of hydrogen-bond acceptors (Lipinski definition) is 3. The number of aromatic nitrogens is 1. The molecule has 0 amide bonds. The first kappa shape index (κ1) is 8.75. The van der Waals surface area contributed by atoms with E-state index >= 15 is 0 Å². The Bertz CT molecular complexity index is 368. The lowest BCUT2D eigenvalue weighted by Crippen LogP contribution is -2.00. The molecule has 1 aliphatic carbocycles. The van der Waals surface area contributed by atoms with E-state index < -0.39 is 0 Å². The van der Waals surface area contributed by atoms with Crippen molar-refractivity contribution in [1.29, 1.82) is 5.26 Å². The van der Waals surface area contributed by atoms with Gasteiger partial charge in [-0.05, 0) is 47.6 Å². The van der Waals surface area contributed by atoms with Gasteiger partial charge in [0.25, 0.3) is 0 Å². The van der Waals surface area contributed by atoms with Crippen LogP contribution >= 0.6 is 22.6 Å². The fraction of sp³-hybridized carbons (Fsp3) is 0.333. The maximum absolute atomic E-state index is 8.78. The van der Waals surface area contributed by atoms with Crippen LogP contribution in [0.15, 0.2) is 12.1 Å². The Balaban J connectivity index is 2.27. The summed E-state index contributed by atoms with van der Waals surface area (Å²) < 4.78 is 6.33. The molecule has 0 aliphatic heterocycles. The zero-order valence-corrected chi connectivity index (χ0v) is 8.98. The number of nitriles is 1. The van der Waals surface area contributed by atoms with Crippen LogP contribution in [0.3, 0.4) is 0 Å². The van der Waals surface area contributed by atoms with Crippen molar-refractivity contribution in [2.75, 3.05) is 0 Å². The maximum Gasteiger partial charge on any atom is 0.183 e. The average molecular weight is 286 g/mol. The highest BCUT2D eigenvalue weighted by atomic mass is 127. The van der Waals surface area contributed by atoms with Crippen LogP contribution in [0.5, 0.6) is 5.75 Å². The summed E-state index contributed by atoms with van der Waals surface area (Å²) in [4.78, 5) is 4.07. The lowest BCUT2D eigenvalue weighted by atomic mass is 10.3. The van der Waals surface area contributed by atoms with Gasteiger partial charge in [-0.1, -0.05) is 0 Å². The number of nitrogens with zero attached hydrogens (tertiary/aromatic N) is 2. The molecule has 1 fully saturated rings. The Kier molecular flexibility index (Phi) is 2.36. The fourth-order valence-corrected chi connectivity index (χ4v) is 1.38. The molecule has 1 aromatic rings. The summed E-state index contributed by atoms with van der Waals surface area (Å²) in [6.07, 6.45) is 2.50. The van der Waals surface area contributed by atoms with Gasteiger partial charge in [0.2, 0.25) is 0 Å². The number of halogens is 1. The van der Waals surface area contributed by atoms with E-state index in [0.717, 1.165) is 16.5 Å². The Labute approximate surface area is 89.9 Å². The number of hydrogen-bond donors (Lipinski definition) is 0. The second-order valence-corrected chi connectivity index (χ2v) is 4.01. The molecule has 1 aromatic heterocycles. The minimum atomic E-state index is 0.314. The van der Waals surface area contributed by atoms with Crippen molar-refractivity contribution in [2.45, 2.75) is 18.9 Å². The topological polar surface area (TPSA) is 45.9 Å². The number of pyridine rings is 1. The minimum absolute atomic E-state index is 0.314. The molecule has 2 rings (SSSR count). The van der Waals surface area contributed by atoms with E-state index in [4.69, 9.17) is 10.00 Å². The van der Waals surface area contributed by atoms with Gasteiger partial charge in [0.15, 0.2) is 11.4 Å². The molecule has 0 unspecified atom stereocenters. The second-order valence-electron chi connectivity index (χ2n) is 2.91. The summed E-state index contributed by atoms with van der Waals surface area (Å²) in [5.74, 6) is 0.616. The van der Waals surface area contributed by atoms with Crippen LogP contribution in [0, 0.1) is 15.0 Å². The van der Waals surface area contributed by atoms with Gasteiger partial charge in [0.1, 0.15) is 9.77 Å². The van der Waals surface area contributed by atoms with Crippen molar-refractivity contribution in [3.05, 3.63) is 21.5 Å². The molecule has 0 spiro atoms. The van der Waals surface area contributed by atoms with Crippen molar-refractivity contribution < 1.29 is 4.74 Å². The van der Waals surface area contributed by atoms with Gasteiger partial charge >= 0.3 is 0 Å². The van der Waals surface area contributed by atoms with E-state index in [1.807, 2.05) is 18.2 Å². The highest BCUT2D eigenvalue weighted by molar-refractivity contribution is 14.1. The molecule has 0 aromatic carbocycles. The summed E-state index contributed by atoms with van der Waals surface area (Å²) in [6, 6.07) is 5.69. The van der Waals surface area contributed by atoms with Crippen LogP contribution in [0.1, 0.15) is 18.5 Å². The third-order valence-electron chi connectivity index (χ3n) is 1.75. The lowest BCUT2D eigenvalue weighted by Gasteiger charge is -2.04. The highest BCUT2D eigenvalue weighted by Gasteiger charge is 2.24. The van der Waals surface area contributed by atoms with Crippen molar-refractivity contribution in [3.63, 3.8) is 0 Å². The van der Waals surface area contributed by atoms with E-state index in [0.29, 0.717) is 17.5 Å². The lowest BCUT2D eigenvalue weighted by molar-refractivity contribution is 0.301. The van der Waals surface area contributed by atoms with Crippen LogP contribution in [0.4, 0.5) is 0 Å². The van der Waals surface area contributed by atoms with E-state index in [2.05, 4.69) is 27.6 Å². The molecule has 0 N–H and O–H groups in total. The van der Waals surface area contributed by atoms with Crippen LogP contribution in [-0.2, 0) is 0 Å². The standard InChI is InChI=1S/C9H7IN2O/c10-9-4-3-8(7(5-11)12-9)13-6-1-2-6/h3-4,6H,1-2H2. The van der Waals surface area contributed by atoms with E-state index in [1.54, 1.807) is 0 Å². The Morgan fingerprint density at radius 3 is 2.92 bits per heavy atom. The molecule has 66 valence electrons. The first-order valence-corrected chi connectivity index (χ1v) is 5.11. The SMILES string of the molecule is N#Cc1nc(I)ccc1OC1CC1.